The van der Waals surface area contributed by atoms with E-state index in [4.69, 9.17) is 0 Å². The Morgan fingerprint density at radius 1 is 1.30 bits per heavy atom. The van der Waals surface area contributed by atoms with Crippen LogP contribution in [0, 0.1) is 6.92 Å². The fraction of sp³-hybridized carbons (Fsp3) is 0.471. The molecule has 1 unspecified atom stereocenters. The molecule has 3 nitrogen and oxygen atoms in total. The summed E-state index contributed by atoms with van der Waals surface area (Å²) in [6, 6.07) is 8.84. The summed E-state index contributed by atoms with van der Waals surface area (Å²) in [5.74, 6) is 0.504. The lowest BCUT2D eigenvalue weighted by Crippen LogP contribution is -2.22. The summed E-state index contributed by atoms with van der Waals surface area (Å²) < 4.78 is 2.00. The Hall–Kier alpha value is -1.61. The molecular weight excluding hydrogens is 246 g/mol. The van der Waals surface area contributed by atoms with Crippen LogP contribution in [-0.4, -0.2) is 22.9 Å². The van der Waals surface area contributed by atoms with Crippen molar-refractivity contribution in [2.75, 3.05) is 13.1 Å². The lowest BCUT2D eigenvalue weighted by atomic mass is 9.92. The Morgan fingerprint density at radius 2 is 2.15 bits per heavy atom. The van der Waals surface area contributed by atoms with E-state index in [1.54, 1.807) is 0 Å². The number of aromatic nitrogens is 2. The Labute approximate surface area is 122 Å². The highest BCUT2D eigenvalue weighted by Gasteiger charge is 2.13. The summed E-state index contributed by atoms with van der Waals surface area (Å²) in [5, 5.41) is 7.86. The fourth-order valence-corrected chi connectivity index (χ4v) is 2.52. The topological polar surface area (TPSA) is 29.9 Å². The monoisotopic (exact) mass is 271 g/mol. The van der Waals surface area contributed by atoms with Crippen molar-refractivity contribution >= 4 is 0 Å². The molecule has 1 N–H and O–H groups in total. The maximum atomic E-state index is 4.38. The number of nitrogens with one attached hydrogen (secondary N) is 1. The maximum absolute atomic E-state index is 4.38. The molecule has 1 heterocycles. The predicted molar refractivity (Wildman–Crippen MR) is 84.1 cm³/mol. The minimum absolute atomic E-state index is 0.504. The number of hydrogen-bond acceptors (Lipinski definition) is 2. The number of nitrogens with zero attached hydrogens (tertiary/aromatic N) is 2. The quantitative estimate of drug-likeness (QED) is 0.838. The van der Waals surface area contributed by atoms with Gasteiger partial charge >= 0.3 is 0 Å². The lowest BCUT2D eigenvalue weighted by molar-refractivity contribution is 0.593. The van der Waals surface area contributed by atoms with Crippen LogP contribution in [0.25, 0.3) is 0 Å². The van der Waals surface area contributed by atoms with Gasteiger partial charge in [-0.3, -0.25) is 4.68 Å². The van der Waals surface area contributed by atoms with Gasteiger partial charge in [0, 0.05) is 25.2 Å². The van der Waals surface area contributed by atoms with Crippen molar-refractivity contribution in [1.29, 1.82) is 0 Å². The molecule has 108 valence electrons. The van der Waals surface area contributed by atoms with Crippen molar-refractivity contribution in [3.05, 3.63) is 53.3 Å². The highest BCUT2D eigenvalue weighted by Crippen LogP contribution is 2.21. The molecule has 2 aromatic rings. The van der Waals surface area contributed by atoms with Crippen LogP contribution in [0.15, 0.2) is 36.7 Å². The number of aryl methyl sites for hydroxylation is 2. The van der Waals surface area contributed by atoms with Crippen molar-refractivity contribution in [3.8, 4) is 0 Å². The summed E-state index contributed by atoms with van der Waals surface area (Å²) in [6.45, 7) is 9.38. The van der Waals surface area contributed by atoms with Crippen LogP contribution in [0.2, 0.25) is 0 Å². The molecule has 0 aliphatic carbocycles. The molecule has 1 aromatic heterocycles. The first-order valence-electron chi connectivity index (χ1n) is 7.51. The van der Waals surface area contributed by atoms with Crippen molar-refractivity contribution in [2.24, 2.45) is 0 Å². The molecule has 0 saturated carbocycles. The minimum Gasteiger partial charge on any atom is -0.316 e. The average Bonchev–Trinajstić information content (AvgIpc) is 2.91. The lowest BCUT2D eigenvalue weighted by Gasteiger charge is -2.17. The first-order valence-corrected chi connectivity index (χ1v) is 7.51. The predicted octanol–water partition coefficient (Wildman–Crippen LogP) is 3.15. The van der Waals surface area contributed by atoms with E-state index in [9.17, 15) is 0 Å². The fourth-order valence-electron chi connectivity index (χ4n) is 2.52. The van der Waals surface area contributed by atoms with Crippen LogP contribution >= 0.6 is 0 Å². The van der Waals surface area contributed by atoms with Gasteiger partial charge in [-0.15, -0.1) is 0 Å². The summed E-state index contributed by atoms with van der Waals surface area (Å²) in [5.41, 5.74) is 4.06. The van der Waals surface area contributed by atoms with E-state index in [-0.39, 0.29) is 0 Å². The van der Waals surface area contributed by atoms with E-state index in [0.717, 1.165) is 26.1 Å². The normalized spacial score (nSPS) is 12.6. The molecule has 0 radical (unpaired) electrons. The molecule has 1 aromatic carbocycles. The molecule has 0 aliphatic heterocycles. The Bertz CT molecular complexity index is 531. The van der Waals surface area contributed by atoms with Gasteiger partial charge in [0.25, 0.3) is 0 Å². The Kier molecular flexibility index (Phi) is 5.36. The van der Waals surface area contributed by atoms with E-state index in [1.807, 2.05) is 10.9 Å². The van der Waals surface area contributed by atoms with Gasteiger partial charge in [0.1, 0.15) is 0 Å². The SMILES string of the molecule is CCNCC(Cc1cnn(CC)c1)c1cccc(C)c1. The third-order valence-electron chi connectivity index (χ3n) is 3.65. The number of benzene rings is 1. The van der Waals surface area contributed by atoms with Gasteiger partial charge in [0.15, 0.2) is 0 Å². The van der Waals surface area contributed by atoms with Crippen LogP contribution in [0.4, 0.5) is 0 Å². The first kappa shape index (κ1) is 14.8. The van der Waals surface area contributed by atoms with E-state index < -0.39 is 0 Å². The van der Waals surface area contributed by atoms with Crippen molar-refractivity contribution in [3.63, 3.8) is 0 Å². The highest BCUT2D eigenvalue weighted by molar-refractivity contribution is 5.27. The smallest absolute Gasteiger partial charge is 0.0521 e. The van der Waals surface area contributed by atoms with Gasteiger partial charge in [0.05, 0.1) is 6.20 Å². The second kappa shape index (κ2) is 7.25. The van der Waals surface area contributed by atoms with Crippen molar-refractivity contribution in [1.82, 2.24) is 15.1 Å². The number of likely N-dealkylation sites (N-methyl/N-ethyl adjacent to an activating group) is 1. The molecule has 0 aliphatic rings. The first-order chi connectivity index (χ1) is 9.72. The van der Waals surface area contributed by atoms with Crippen molar-refractivity contribution in [2.45, 2.75) is 39.7 Å². The van der Waals surface area contributed by atoms with Crippen LogP contribution in [0.1, 0.15) is 36.5 Å². The van der Waals surface area contributed by atoms with Gasteiger partial charge in [0.2, 0.25) is 0 Å². The van der Waals surface area contributed by atoms with Gasteiger partial charge in [-0.25, -0.2) is 0 Å². The second-order valence-electron chi connectivity index (χ2n) is 5.33. The van der Waals surface area contributed by atoms with E-state index >= 15 is 0 Å². The largest absolute Gasteiger partial charge is 0.316 e. The highest BCUT2D eigenvalue weighted by atomic mass is 15.3. The molecule has 20 heavy (non-hydrogen) atoms. The zero-order valence-corrected chi connectivity index (χ0v) is 12.8. The van der Waals surface area contributed by atoms with Crippen LogP contribution in [0.5, 0.6) is 0 Å². The molecule has 0 saturated heterocycles. The molecular formula is C17H25N3. The zero-order valence-electron chi connectivity index (χ0n) is 12.8. The average molecular weight is 271 g/mol. The molecule has 1 atom stereocenters. The third kappa shape index (κ3) is 3.94. The van der Waals surface area contributed by atoms with Gasteiger partial charge in [-0.2, -0.15) is 5.10 Å². The zero-order chi connectivity index (χ0) is 14.4. The van der Waals surface area contributed by atoms with Crippen LogP contribution in [0.3, 0.4) is 0 Å². The Balaban J connectivity index is 2.14. The molecule has 2 rings (SSSR count). The molecule has 0 amide bonds. The summed E-state index contributed by atoms with van der Waals surface area (Å²) >= 11 is 0. The maximum Gasteiger partial charge on any atom is 0.0521 e. The summed E-state index contributed by atoms with van der Waals surface area (Å²) in [4.78, 5) is 0. The van der Waals surface area contributed by atoms with Gasteiger partial charge in [-0.05, 0) is 37.9 Å². The standard InChI is InChI=1S/C17H25N3/c1-4-18-12-17(16-8-6-7-14(3)9-16)10-15-11-19-20(5-2)13-15/h6-9,11,13,17-18H,4-5,10,12H2,1-3H3. The summed E-state index contributed by atoms with van der Waals surface area (Å²) in [6.07, 6.45) is 5.20. The second-order valence-corrected chi connectivity index (χ2v) is 5.33. The number of hydrogen-bond donors (Lipinski definition) is 1. The molecule has 0 fully saturated rings. The van der Waals surface area contributed by atoms with Crippen LogP contribution < -0.4 is 5.32 Å². The van der Waals surface area contributed by atoms with E-state index in [0.29, 0.717) is 5.92 Å². The van der Waals surface area contributed by atoms with Crippen molar-refractivity contribution < 1.29 is 0 Å². The van der Waals surface area contributed by atoms with Crippen LogP contribution in [-0.2, 0) is 13.0 Å². The molecule has 3 heteroatoms. The molecule has 0 spiro atoms. The van der Waals surface area contributed by atoms with Gasteiger partial charge < -0.3 is 5.32 Å². The van der Waals surface area contributed by atoms with Gasteiger partial charge in [-0.1, -0.05) is 36.8 Å². The minimum atomic E-state index is 0.504. The third-order valence-corrected chi connectivity index (χ3v) is 3.65. The Morgan fingerprint density at radius 3 is 2.80 bits per heavy atom. The summed E-state index contributed by atoms with van der Waals surface area (Å²) in [7, 11) is 0. The number of rotatable bonds is 7. The van der Waals surface area contributed by atoms with E-state index in [1.165, 1.54) is 16.7 Å². The molecule has 0 bridgehead atoms. The van der Waals surface area contributed by atoms with E-state index in [2.05, 4.69) is 61.6 Å².